The smallest absolute Gasteiger partial charge is 0.308 e. The Bertz CT molecular complexity index is 1510. The quantitative estimate of drug-likeness (QED) is 0.359. The van der Waals surface area contributed by atoms with E-state index in [-0.39, 0.29) is 5.75 Å². The van der Waals surface area contributed by atoms with Crippen LogP contribution in [0.1, 0.15) is 19.9 Å². The van der Waals surface area contributed by atoms with Gasteiger partial charge < -0.3 is 19.8 Å². The van der Waals surface area contributed by atoms with E-state index >= 15 is 0 Å². The lowest BCUT2D eigenvalue weighted by Gasteiger charge is -2.18. The summed E-state index contributed by atoms with van der Waals surface area (Å²) in [6, 6.07) is 7.71. The number of aromatic hydroxyl groups is 1. The molecule has 0 spiro atoms. The molecule has 0 saturated carbocycles. The Morgan fingerprint density at radius 3 is 2.58 bits per heavy atom. The molecule has 0 amide bonds. The fourth-order valence-electron chi connectivity index (χ4n) is 3.95. The maximum absolute atomic E-state index is 13.8. The Morgan fingerprint density at radius 2 is 1.85 bits per heavy atom. The minimum Gasteiger partial charge on any atom is -0.508 e. The predicted molar refractivity (Wildman–Crippen MR) is 121 cm³/mol. The van der Waals surface area contributed by atoms with E-state index < -0.39 is 23.7 Å². The second kappa shape index (κ2) is 7.70. The molecule has 166 valence electrons. The zero-order valence-corrected chi connectivity index (χ0v) is 17.8. The lowest BCUT2D eigenvalue weighted by molar-refractivity contribution is -0.142. The molecule has 4 heterocycles. The molecule has 9 heteroatoms. The van der Waals surface area contributed by atoms with Crippen LogP contribution in [0.15, 0.2) is 55.1 Å². The molecule has 2 atom stereocenters. The summed E-state index contributed by atoms with van der Waals surface area (Å²) < 4.78 is 15.7. The van der Waals surface area contributed by atoms with Gasteiger partial charge in [0.1, 0.15) is 22.9 Å². The van der Waals surface area contributed by atoms with Crippen molar-refractivity contribution in [1.29, 1.82) is 0 Å². The van der Waals surface area contributed by atoms with Crippen LogP contribution < -0.4 is 0 Å². The van der Waals surface area contributed by atoms with Crippen molar-refractivity contribution >= 4 is 28.0 Å². The number of halogens is 1. The molecule has 5 aromatic rings. The Morgan fingerprint density at radius 1 is 1.09 bits per heavy atom. The number of carboxylic acid groups (broad SMARTS) is 1. The summed E-state index contributed by atoms with van der Waals surface area (Å²) in [5.74, 6) is -1.53. The first-order chi connectivity index (χ1) is 15.8. The molecular formula is C24H20FN5O3. The van der Waals surface area contributed by atoms with E-state index in [1.807, 2.05) is 17.7 Å². The largest absolute Gasteiger partial charge is 0.508 e. The first-order valence-corrected chi connectivity index (χ1v) is 10.4. The molecule has 0 radical (unpaired) electrons. The van der Waals surface area contributed by atoms with Crippen molar-refractivity contribution in [2.45, 2.75) is 19.9 Å². The van der Waals surface area contributed by atoms with Gasteiger partial charge in [-0.1, -0.05) is 12.1 Å². The van der Waals surface area contributed by atoms with Crippen molar-refractivity contribution < 1.29 is 19.4 Å². The fourth-order valence-corrected chi connectivity index (χ4v) is 3.95. The standard InChI is InChI=1S/C24H20FN5O3/c1-12(24(32)33)13(2)30-11-20(14-3-5-16(31)6-4-14)19-10-28-22(29-23(19)30)18-9-27-21-17(18)7-15(25)8-26-21/h3-13,31H,1-2H3,(H,26,27)(H,32,33)/t12-,13-/m1/s1. The van der Waals surface area contributed by atoms with Crippen molar-refractivity contribution in [3.8, 4) is 28.3 Å². The highest BCUT2D eigenvalue weighted by atomic mass is 19.1. The van der Waals surface area contributed by atoms with E-state index in [1.165, 1.54) is 6.07 Å². The molecule has 33 heavy (non-hydrogen) atoms. The maximum atomic E-state index is 13.8. The summed E-state index contributed by atoms with van der Waals surface area (Å²) >= 11 is 0. The van der Waals surface area contributed by atoms with Crippen LogP contribution in [0, 0.1) is 11.7 Å². The summed E-state index contributed by atoms with van der Waals surface area (Å²) in [5, 5.41) is 20.5. The number of hydrogen-bond acceptors (Lipinski definition) is 5. The van der Waals surface area contributed by atoms with E-state index in [1.54, 1.807) is 43.6 Å². The van der Waals surface area contributed by atoms with Gasteiger partial charge in [-0.3, -0.25) is 4.79 Å². The van der Waals surface area contributed by atoms with Gasteiger partial charge in [0.15, 0.2) is 5.82 Å². The first kappa shape index (κ1) is 20.6. The molecule has 0 saturated heterocycles. The number of phenols is 1. The van der Waals surface area contributed by atoms with Crippen molar-refractivity contribution in [1.82, 2.24) is 24.5 Å². The topological polar surface area (TPSA) is 117 Å². The second-order valence-electron chi connectivity index (χ2n) is 8.05. The number of carbonyl (C=O) groups is 1. The number of aromatic nitrogens is 5. The lowest BCUT2D eigenvalue weighted by atomic mass is 10.0. The van der Waals surface area contributed by atoms with Gasteiger partial charge in [-0.25, -0.2) is 19.3 Å². The van der Waals surface area contributed by atoms with Crippen LogP contribution in [0.2, 0.25) is 0 Å². The lowest BCUT2D eigenvalue weighted by Crippen LogP contribution is -2.21. The number of rotatable bonds is 5. The van der Waals surface area contributed by atoms with Crippen molar-refractivity contribution in [3.05, 3.63) is 60.9 Å². The van der Waals surface area contributed by atoms with Crippen LogP contribution in [-0.4, -0.2) is 40.7 Å². The van der Waals surface area contributed by atoms with Crippen LogP contribution in [-0.2, 0) is 4.79 Å². The number of aliphatic carboxylic acids is 1. The Balaban J connectivity index is 1.73. The molecule has 0 fully saturated rings. The average molecular weight is 445 g/mol. The number of fused-ring (bicyclic) bond motifs is 2. The third kappa shape index (κ3) is 3.47. The summed E-state index contributed by atoms with van der Waals surface area (Å²) in [7, 11) is 0. The number of nitrogens with one attached hydrogen (secondary N) is 1. The predicted octanol–water partition coefficient (Wildman–Crippen LogP) is 4.77. The van der Waals surface area contributed by atoms with Crippen LogP contribution in [0.3, 0.4) is 0 Å². The third-order valence-corrected chi connectivity index (χ3v) is 6.04. The number of hydrogen-bond donors (Lipinski definition) is 3. The van der Waals surface area contributed by atoms with Gasteiger partial charge in [0, 0.05) is 46.5 Å². The van der Waals surface area contributed by atoms with Gasteiger partial charge in [-0.15, -0.1) is 0 Å². The SMILES string of the molecule is C[C@H]([C@@H](C)C(=O)O)n1cc(-c2ccc(O)cc2)c2cnc(-c3c[nH]c4ncc(F)cc34)nc21. The van der Waals surface area contributed by atoms with Gasteiger partial charge in [0.2, 0.25) is 0 Å². The minimum atomic E-state index is -0.914. The Hall–Kier alpha value is -4.27. The van der Waals surface area contributed by atoms with Crippen LogP contribution >= 0.6 is 0 Å². The summed E-state index contributed by atoms with van der Waals surface area (Å²) in [5.41, 5.74) is 3.32. The highest BCUT2D eigenvalue weighted by Gasteiger charge is 2.25. The summed E-state index contributed by atoms with van der Waals surface area (Å²) in [6.45, 7) is 3.47. The normalized spacial score (nSPS) is 13.4. The molecule has 0 bridgehead atoms. The number of phenolic OH excluding ortho intramolecular Hbond substituents is 1. The molecule has 0 aliphatic rings. The number of carboxylic acids is 1. The van der Waals surface area contributed by atoms with Crippen molar-refractivity contribution in [3.63, 3.8) is 0 Å². The minimum absolute atomic E-state index is 0.147. The Kier molecular flexibility index (Phi) is 4.81. The second-order valence-corrected chi connectivity index (χ2v) is 8.05. The maximum Gasteiger partial charge on any atom is 0.308 e. The van der Waals surface area contributed by atoms with Gasteiger partial charge in [-0.05, 0) is 37.6 Å². The highest BCUT2D eigenvalue weighted by molar-refractivity contribution is 5.96. The summed E-state index contributed by atoms with van der Waals surface area (Å²) in [6.07, 6.45) is 6.35. The molecular weight excluding hydrogens is 425 g/mol. The molecule has 0 unspecified atom stereocenters. The third-order valence-electron chi connectivity index (χ3n) is 6.04. The van der Waals surface area contributed by atoms with E-state index in [0.29, 0.717) is 28.1 Å². The summed E-state index contributed by atoms with van der Waals surface area (Å²) in [4.78, 5) is 28.0. The zero-order valence-electron chi connectivity index (χ0n) is 17.8. The Labute approximate surface area is 187 Å². The van der Waals surface area contributed by atoms with Crippen molar-refractivity contribution in [2.24, 2.45) is 5.92 Å². The first-order valence-electron chi connectivity index (χ1n) is 10.4. The van der Waals surface area contributed by atoms with Gasteiger partial charge in [0.25, 0.3) is 0 Å². The van der Waals surface area contributed by atoms with Crippen LogP contribution in [0.25, 0.3) is 44.6 Å². The molecule has 1 aromatic carbocycles. The molecule has 8 nitrogen and oxygen atoms in total. The molecule has 4 aromatic heterocycles. The van der Waals surface area contributed by atoms with Gasteiger partial charge >= 0.3 is 5.97 Å². The van der Waals surface area contributed by atoms with E-state index in [9.17, 15) is 19.4 Å². The molecule has 3 N–H and O–H groups in total. The van der Waals surface area contributed by atoms with Gasteiger partial charge in [0.05, 0.1) is 12.1 Å². The fraction of sp³-hybridized carbons (Fsp3) is 0.167. The molecule has 5 rings (SSSR count). The number of nitrogens with zero attached hydrogens (tertiary/aromatic N) is 4. The van der Waals surface area contributed by atoms with E-state index in [4.69, 9.17) is 4.98 Å². The monoisotopic (exact) mass is 445 g/mol. The van der Waals surface area contributed by atoms with Crippen molar-refractivity contribution in [2.75, 3.05) is 0 Å². The number of pyridine rings is 1. The molecule has 0 aliphatic heterocycles. The van der Waals surface area contributed by atoms with E-state index in [2.05, 4.69) is 15.0 Å². The number of benzene rings is 1. The van der Waals surface area contributed by atoms with Gasteiger partial charge in [-0.2, -0.15) is 0 Å². The van der Waals surface area contributed by atoms with Crippen LogP contribution in [0.5, 0.6) is 5.75 Å². The zero-order chi connectivity index (χ0) is 23.3. The van der Waals surface area contributed by atoms with Crippen LogP contribution in [0.4, 0.5) is 4.39 Å². The number of aromatic amines is 1. The average Bonchev–Trinajstić information content (AvgIpc) is 3.39. The highest BCUT2D eigenvalue weighted by Crippen LogP contribution is 2.35. The molecule has 0 aliphatic carbocycles. The van der Waals surface area contributed by atoms with E-state index in [0.717, 1.165) is 22.7 Å². The number of H-pyrrole nitrogens is 1.